The number of halogens is 3. The number of carbonyl (C=O) groups excluding carboxylic acids is 1. The Morgan fingerprint density at radius 3 is 2.10 bits per heavy atom. The second-order valence-electron chi connectivity index (χ2n) is 8.44. The number of hydrogen-bond donors (Lipinski definition) is 7. The van der Waals surface area contributed by atoms with Crippen molar-refractivity contribution in [3.8, 4) is 5.75 Å². The summed E-state index contributed by atoms with van der Waals surface area (Å²) in [6.45, 7) is 6.83. The van der Waals surface area contributed by atoms with Gasteiger partial charge in [0.25, 0.3) is 0 Å². The van der Waals surface area contributed by atoms with Crippen LogP contribution in [0.5, 0.6) is 5.75 Å². The first kappa shape index (κ1) is 38.0. The van der Waals surface area contributed by atoms with E-state index in [0.717, 1.165) is 16.8 Å². The van der Waals surface area contributed by atoms with E-state index in [1.165, 1.54) is 13.1 Å². The Morgan fingerprint density at radius 2 is 1.66 bits per heavy atom. The first-order valence-corrected chi connectivity index (χ1v) is 13.7. The number of aliphatic hydroxyl groups excluding tert-OH is 1. The molecule has 0 aliphatic rings. The number of aliphatic hydroxyl groups is 1. The van der Waals surface area contributed by atoms with Crippen LogP contribution in [0.15, 0.2) is 36.4 Å². The number of hydrogen-bond acceptors (Lipinski definition) is 8. The highest BCUT2D eigenvalue weighted by molar-refractivity contribution is 7.46. The fourth-order valence-corrected chi connectivity index (χ4v) is 3.81. The summed E-state index contributed by atoms with van der Waals surface area (Å²) in [5.41, 5.74) is 8.23. The molecule has 0 aliphatic carbocycles. The van der Waals surface area contributed by atoms with Crippen LogP contribution in [0.1, 0.15) is 35.3 Å². The Hall–Kier alpha value is -3.04. The number of aryl methyl sites for hydroxylation is 2. The maximum absolute atomic E-state index is 12.7. The molecular weight excluding hydrogens is 572 g/mol. The minimum Gasteiger partial charge on any atom is -0.475 e. The van der Waals surface area contributed by atoms with Crippen molar-refractivity contribution in [3.63, 3.8) is 0 Å². The van der Waals surface area contributed by atoms with E-state index >= 15 is 0 Å². The molecule has 0 bridgehead atoms. The molecule has 1 unspecified atom stereocenters. The number of aliphatic carboxylic acids is 1. The molecular formula is C25H38F3N4O8P. The number of para-hydroxylation sites is 1. The smallest absolute Gasteiger partial charge is 0.475 e. The molecule has 0 saturated carbocycles. The molecule has 8 N–H and O–H groups in total. The van der Waals surface area contributed by atoms with Crippen molar-refractivity contribution in [2.24, 2.45) is 5.73 Å². The normalized spacial score (nSPS) is 11.9. The molecule has 0 fully saturated rings. The van der Waals surface area contributed by atoms with Crippen LogP contribution in [-0.4, -0.2) is 76.7 Å². The number of carbonyl (C=O) groups is 2. The van der Waals surface area contributed by atoms with Crippen molar-refractivity contribution in [1.29, 1.82) is 0 Å². The van der Waals surface area contributed by atoms with Gasteiger partial charge in [-0.15, -0.1) is 0 Å². The number of benzene rings is 2. The van der Waals surface area contributed by atoms with Crippen LogP contribution >= 0.6 is 7.82 Å². The van der Waals surface area contributed by atoms with Crippen LogP contribution in [0.25, 0.3) is 0 Å². The fourth-order valence-electron chi connectivity index (χ4n) is 3.37. The second-order valence-corrected chi connectivity index (χ2v) is 9.61. The lowest BCUT2D eigenvalue weighted by Gasteiger charge is -2.23. The molecule has 2 rings (SSSR count). The van der Waals surface area contributed by atoms with Gasteiger partial charge in [-0.1, -0.05) is 31.2 Å². The molecule has 0 spiro atoms. The summed E-state index contributed by atoms with van der Waals surface area (Å²) in [6.07, 6.45) is -5.88. The van der Waals surface area contributed by atoms with Crippen LogP contribution in [-0.2, 0) is 20.7 Å². The first-order chi connectivity index (χ1) is 19.0. The van der Waals surface area contributed by atoms with Crippen LogP contribution in [0, 0.1) is 13.8 Å². The third kappa shape index (κ3) is 14.4. The second kappa shape index (κ2) is 17.7. The van der Waals surface area contributed by atoms with Crippen LogP contribution in [0.2, 0.25) is 0 Å². The van der Waals surface area contributed by atoms with E-state index < -0.39 is 26.1 Å². The third-order valence-electron chi connectivity index (χ3n) is 5.28. The number of nitrogens with one attached hydrogen (secondary N) is 2. The molecule has 2 aromatic rings. The molecule has 41 heavy (non-hydrogen) atoms. The van der Waals surface area contributed by atoms with Gasteiger partial charge in [-0.3, -0.25) is 19.5 Å². The number of anilines is 1. The standard InChI is InChI=1S/C22H32N3O6P.C2HF3O2.CH5N/c1-5-25(14-21(27)24-22-15(2)7-6-8-16(22)3)13-18-11-17(19(26)12-23-4)9-10-20(18)31-32(28,29)30;3-2(4,5)1(6)7;1-2/h6-11,19,23,26H,5,12-14H2,1-4H3,(H,24,27)(H2,28,29,30);(H,6,7);2H2,1H3. The zero-order chi connectivity index (χ0) is 32.0. The maximum Gasteiger partial charge on any atom is 0.524 e. The number of nitrogens with two attached hydrogens (primary N) is 1. The summed E-state index contributed by atoms with van der Waals surface area (Å²) in [7, 11) is -1.56. The number of likely N-dealkylation sites (N-methyl/N-ethyl adjacent to an activating group) is 2. The number of carboxylic acids is 1. The van der Waals surface area contributed by atoms with Crippen molar-refractivity contribution in [2.45, 2.75) is 39.6 Å². The van der Waals surface area contributed by atoms with E-state index in [4.69, 9.17) is 14.4 Å². The monoisotopic (exact) mass is 610 g/mol. The highest BCUT2D eigenvalue weighted by atomic mass is 31.2. The predicted octanol–water partition coefficient (Wildman–Crippen LogP) is 2.70. The predicted molar refractivity (Wildman–Crippen MR) is 147 cm³/mol. The number of rotatable bonds is 11. The van der Waals surface area contributed by atoms with Gasteiger partial charge in [0, 0.05) is 24.3 Å². The molecule has 232 valence electrons. The summed E-state index contributed by atoms with van der Waals surface area (Å²) in [5.74, 6) is -2.95. The van der Waals surface area contributed by atoms with Gasteiger partial charge >= 0.3 is 20.0 Å². The highest BCUT2D eigenvalue weighted by Gasteiger charge is 2.38. The van der Waals surface area contributed by atoms with E-state index in [0.29, 0.717) is 24.2 Å². The Labute approximate surface area is 236 Å². The van der Waals surface area contributed by atoms with Gasteiger partial charge in [-0.25, -0.2) is 9.36 Å². The number of carboxylic acid groups (broad SMARTS) is 1. The quantitative estimate of drug-likeness (QED) is 0.185. The van der Waals surface area contributed by atoms with Crippen molar-refractivity contribution in [1.82, 2.24) is 10.2 Å². The van der Waals surface area contributed by atoms with Gasteiger partial charge < -0.3 is 31.1 Å². The Morgan fingerprint density at radius 1 is 1.12 bits per heavy atom. The number of phosphoric acid groups is 1. The summed E-state index contributed by atoms with van der Waals surface area (Å²) >= 11 is 0. The SMILES string of the molecule is CCN(CC(=O)Nc1c(C)cccc1C)Cc1cc(C(O)CNC)ccc1OP(=O)(O)O.CN.O=C(O)C(F)(F)F. The Kier molecular flexibility index (Phi) is 16.4. The van der Waals surface area contributed by atoms with Gasteiger partial charge in [0.2, 0.25) is 5.91 Å². The number of phosphoric ester groups is 1. The molecule has 16 heteroatoms. The average molecular weight is 611 g/mol. The molecule has 1 amide bonds. The molecule has 0 aliphatic heterocycles. The van der Waals surface area contributed by atoms with Gasteiger partial charge in [0.05, 0.1) is 12.6 Å². The van der Waals surface area contributed by atoms with Gasteiger partial charge in [0.15, 0.2) is 0 Å². The molecule has 1 atom stereocenters. The molecule has 12 nitrogen and oxygen atoms in total. The van der Waals surface area contributed by atoms with Crippen LogP contribution < -0.4 is 20.9 Å². The van der Waals surface area contributed by atoms with Gasteiger partial charge in [-0.2, -0.15) is 13.2 Å². The largest absolute Gasteiger partial charge is 0.524 e. The lowest BCUT2D eigenvalue weighted by molar-refractivity contribution is -0.192. The van der Waals surface area contributed by atoms with Crippen molar-refractivity contribution < 1.29 is 51.8 Å². The third-order valence-corrected chi connectivity index (χ3v) is 5.72. The van der Waals surface area contributed by atoms with Crippen molar-refractivity contribution >= 4 is 25.4 Å². The van der Waals surface area contributed by atoms with E-state index in [1.807, 2.05) is 43.9 Å². The highest BCUT2D eigenvalue weighted by Crippen LogP contribution is 2.40. The summed E-state index contributed by atoms with van der Waals surface area (Å²) in [6, 6.07) is 10.4. The molecule has 2 aromatic carbocycles. The lowest BCUT2D eigenvalue weighted by atomic mass is 10.0. The lowest BCUT2D eigenvalue weighted by Crippen LogP contribution is -2.33. The maximum atomic E-state index is 12.7. The summed E-state index contributed by atoms with van der Waals surface area (Å²) < 4.78 is 48.0. The topological polar surface area (TPSA) is 195 Å². The Balaban J connectivity index is 0.00000155. The fraction of sp³-hybridized carbons (Fsp3) is 0.440. The molecule has 0 saturated heterocycles. The van der Waals surface area contributed by atoms with E-state index in [2.05, 4.69) is 16.4 Å². The van der Waals surface area contributed by atoms with Gasteiger partial charge in [-0.05, 0) is 63.3 Å². The van der Waals surface area contributed by atoms with Crippen LogP contribution in [0.3, 0.4) is 0 Å². The average Bonchev–Trinajstić information content (AvgIpc) is 2.87. The minimum absolute atomic E-state index is 0.00680. The molecule has 0 aromatic heterocycles. The zero-order valence-electron chi connectivity index (χ0n) is 23.4. The van der Waals surface area contributed by atoms with Crippen LogP contribution in [0.4, 0.5) is 18.9 Å². The molecule has 0 heterocycles. The van der Waals surface area contributed by atoms with Crippen molar-refractivity contribution in [2.75, 3.05) is 39.0 Å². The number of nitrogens with zero attached hydrogens (tertiary/aromatic N) is 1. The number of alkyl halides is 3. The van der Waals surface area contributed by atoms with E-state index in [9.17, 15) is 37.4 Å². The van der Waals surface area contributed by atoms with E-state index in [-0.39, 0.29) is 24.7 Å². The molecule has 0 radical (unpaired) electrons. The van der Waals surface area contributed by atoms with Gasteiger partial charge in [0.1, 0.15) is 5.75 Å². The summed E-state index contributed by atoms with van der Waals surface area (Å²) in [5, 5.41) is 23.2. The zero-order valence-corrected chi connectivity index (χ0v) is 24.3. The van der Waals surface area contributed by atoms with E-state index in [1.54, 1.807) is 19.2 Å². The summed E-state index contributed by atoms with van der Waals surface area (Å²) in [4.78, 5) is 41.9. The van der Waals surface area contributed by atoms with Crippen molar-refractivity contribution in [3.05, 3.63) is 58.7 Å². The first-order valence-electron chi connectivity index (χ1n) is 12.1. The number of amides is 1. The minimum atomic E-state index is -5.08. The Bertz CT molecular complexity index is 1160.